The first-order valence-corrected chi connectivity index (χ1v) is 9.89. The van der Waals surface area contributed by atoms with E-state index in [1.54, 1.807) is 0 Å². The largest absolute Gasteiger partial charge is 0.373 e. The van der Waals surface area contributed by atoms with E-state index in [0.29, 0.717) is 11.9 Å². The van der Waals surface area contributed by atoms with Gasteiger partial charge in [0.2, 0.25) is 5.91 Å². The fourth-order valence-corrected chi connectivity index (χ4v) is 3.24. The molecule has 27 heavy (non-hydrogen) atoms. The van der Waals surface area contributed by atoms with Gasteiger partial charge in [0.05, 0.1) is 6.10 Å². The molecule has 0 spiro atoms. The van der Waals surface area contributed by atoms with Gasteiger partial charge in [-0.15, -0.1) is 0 Å². The van der Waals surface area contributed by atoms with Crippen LogP contribution in [0.3, 0.4) is 0 Å². The molecule has 0 aromatic heterocycles. The second-order valence-corrected chi connectivity index (χ2v) is 7.98. The number of guanidine groups is 1. The van der Waals surface area contributed by atoms with E-state index in [4.69, 9.17) is 4.74 Å². The van der Waals surface area contributed by atoms with Crippen LogP contribution >= 0.6 is 0 Å². The van der Waals surface area contributed by atoms with Crippen molar-refractivity contribution in [1.82, 2.24) is 16.0 Å². The minimum absolute atomic E-state index is 0.0807. The van der Waals surface area contributed by atoms with Gasteiger partial charge in [0.15, 0.2) is 5.96 Å². The molecular formula is C21H34N4O2. The molecule has 1 aliphatic heterocycles. The third-order valence-corrected chi connectivity index (χ3v) is 4.34. The maximum Gasteiger partial charge on any atom is 0.242 e. The smallest absolute Gasteiger partial charge is 0.242 e. The number of aliphatic imine (C=N–C) groups is 1. The molecule has 3 N–H and O–H groups in total. The van der Waals surface area contributed by atoms with Gasteiger partial charge in [0.25, 0.3) is 0 Å². The number of hydrogen-bond acceptors (Lipinski definition) is 3. The lowest BCUT2D eigenvalue weighted by Gasteiger charge is -2.32. The second-order valence-electron chi connectivity index (χ2n) is 7.98. The number of rotatable bonds is 6. The average Bonchev–Trinajstić information content (AvgIpc) is 2.63. The van der Waals surface area contributed by atoms with E-state index in [1.807, 2.05) is 33.8 Å². The second kappa shape index (κ2) is 10.3. The Morgan fingerprint density at radius 3 is 2.63 bits per heavy atom. The summed E-state index contributed by atoms with van der Waals surface area (Å²) in [6.45, 7) is 10.3. The molecule has 1 heterocycles. The first-order valence-electron chi connectivity index (χ1n) is 9.89. The standard InChI is InChI=1S/C21H34N4O2/c1-5-22-20(24-15-18(26)25-21(2,3)4)23-14-17-12-9-13-27-19(17)16-10-7-6-8-11-16/h6-8,10-11,17,19H,5,9,12-15H2,1-4H3,(H,25,26)(H2,22,23,24). The Morgan fingerprint density at radius 1 is 1.22 bits per heavy atom. The maximum atomic E-state index is 12.0. The number of nitrogens with zero attached hydrogens (tertiary/aromatic N) is 1. The van der Waals surface area contributed by atoms with Crippen molar-refractivity contribution in [3.05, 3.63) is 35.9 Å². The van der Waals surface area contributed by atoms with E-state index in [1.165, 1.54) is 5.56 Å². The Labute approximate surface area is 163 Å². The molecule has 0 aliphatic carbocycles. The molecule has 2 atom stereocenters. The van der Waals surface area contributed by atoms with Crippen LogP contribution in [0.1, 0.15) is 52.2 Å². The monoisotopic (exact) mass is 374 g/mol. The zero-order valence-electron chi connectivity index (χ0n) is 17.0. The number of carbonyl (C=O) groups excluding carboxylic acids is 1. The molecule has 1 amide bonds. The summed E-state index contributed by atoms with van der Waals surface area (Å²) < 4.78 is 6.06. The van der Waals surface area contributed by atoms with Gasteiger partial charge in [-0.05, 0) is 46.1 Å². The first-order chi connectivity index (χ1) is 12.9. The molecule has 0 bridgehead atoms. The van der Waals surface area contributed by atoms with Gasteiger partial charge in [-0.25, -0.2) is 4.99 Å². The summed E-state index contributed by atoms with van der Waals surface area (Å²) in [7, 11) is 0. The normalized spacial score (nSPS) is 20.8. The molecule has 2 rings (SSSR count). The molecule has 2 unspecified atom stereocenters. The summed E-state index contributed by atoms with van der Waals surface area (Å²) in [6, 6.07) is 10.4. The topological polar surface area (TPSA) is 74.8 Å². The Balaban J connectivity index is 1.95. The zero-order valence-corrected chi connectivity index (χ0v) is 17.0. The SMILES string of the molecule is CCNC(=NCC(=O)NC(C)(C)C)NCC1CCCOC1c1ccccc1. The van der Waals surface area contributed by atoms with Gasteiger partial charge in [0, 0.05) is 31.2 Å². The minimum atomic E-state index is -0.249. The van der Waals surface area contributed by atoms with Crippen LogP contribution in [0, 0.1) is 5.92 Å². The molecule has 0 saturated carbocycles. The van der Waals surface area contributed by atoms with Crippen molar-refractivity contribution in [2.24, 2.45) is 10.9 Å². The van der Waals surface area contributed by atoms with Gasteiger partial charge in [0.1, 0.15) is 6.54 Å². The number of ether oxygens (including phenoxy) is 1. The minimum Gasteiger partial charge on any atom is -0.373 e. The fourth-order valence-electron chi connectivity index (χ4n) is 3.24. The van der Waals surface area contributed by atoms with E-state index in [9.17, 15) is 4.79 Å². The van der Waals surface area contributed by atoms with Crippen LogP contribution in [0.2, 0.25) is 0 Å². The van der Waals surface area contributed by atoms with E-state index < -0.39 is 0 Å². The summed E-state index contributed by atoms with van der Waals surface area (Å²) in [6.07, 6.45) is 2.27. The van der Waals surface area contributed by atoms with E-state index in [2.05, 4.69) is 45.2 Å². The van der Waals surface area contributed by atoms with Crippen molar-refractivity contribution in [3.8, 4) is 0 Å². The fraction of sp³-hybridized carbons (Fsp3) is 0.619. The maximum absolute atomic E-state index is 12.0. The number of hydrogen-bond donors (Lipinski definition) is 3. The Bertz CT molecular complexity index is 610. The van der Waals surface area contributed by atoms with E-state index in [-0.39, 0.29) is 24.1 Å². The summed E-state index contributed by atoms with van der Waals surface area (Å²) >= 11 is 0. The molecule has 6 nitrogen and oxygen atoms in total. The van der Waals surface area contributed by atoms with Gasteiger partial charge in [-0.1, -0.05) is 30.3 Å². The van der Waals surface area contributed by atoms with Gasteiger partial charge >= 0.3 is 0 Å². The highest BCUT2D eigenvalue weighted by molar-refractivity contribution is 5.85. The van der Waals surface area contributed by atoms with Crippen molar-refractivity contribution in [2.75, 3.05) is 26.2 Å². The van der Waals surface area contributed by atoms with Crippen LogP contribution in [-0.2, 0) is 9.53 Å². The third-order valence-electron chi connectivity index (χ3n) is 4.34. The Hall–Kier alpha value is -2.08. The lowest BCUT2D eigenvalue weighted by atomic mass is 9.89. The van der Waals surface area contributed by atoms with Gasteiger partial charge < -0.3 is 20.7 Å². The summed E-state index contributed by atoms with van der Waals surface area (Å²) in [5, 5.41) is 9.53. The molecule has 150 valence electrons. The average molecular weight is 375 g/mol. The zero-order chi connectivity index (χ0) is 19.7. The predicted octanol–water partition coefficient (Wildman–Crippen LogP) is 2.62. The first kappa shape index (κ1) is 21.2. The van der Waals surface area contributed by atoms with Gasteiger partial charge in [-0.2, -0.15) is 0 Å². The van der Waals surface area contributed by atoms with Crippen molar-refractivity contribution in [2.45, 2.75) is 52.2 Å². The van der Waals surface area contributed by atoms with E-state index >= 15 is 0 Å². The molecule has 1 saturated heterocycles. The summed E-state index contributed by atoms with van der Waals surface area (Å²) in [5.41, 5.74) is 0.969. The highest BCUT2D eigenvalue weighted by atomic mass is 16.5. The number of amides is 1. The van der Waals surface area contributed by atoms with Crippen LogP contribution in [0.4, 0.5) is 0 Å². The van der Waals surface area contributed by atoms with Crippen molar-refractivity contribution >= 4 is 11.9 Å². The third kappa shape index (κ3) is 7.59. The number of carbonyl (C=O) groups is 1. The molecule has 0 radical (unpaired) electrons. The summed E-state index contributed by atoms with van der Waals surface area (Å²) in [5.74, 6) is 0.954. The lowest BCUT2D eigenvalue weighted by Crippen LogP contribution is -2.44. The van der Waals surface area contributed by atoms with Gasteiger partial charge in [-0.3, -0.25) is 4.79 Å². The molecule has 1 aromatic carbocycles. The van der Waals surface area contributed by atoms with E-state index in [0.717, 1.165) is 32.5 Å². The Morgan fingerprint density at radius 2 is 1.96 bits per heavy atom. The number of benzene rings is 1. The Kier molecular flexibility index (Phi) is 8.10. The molecule has 1 aliphatic rings. The molecule has 1 aromatic rings. The quantitative estimate of drug-likeness (QED) is 0.529. The van der Waals surface area contributed by atoms with Crippen LogP contribution in [-0.4, -0.2) is 43.6 Å². The van der Waals surface area contributed by atoms with Crippen molar-refractivity contribution in [1.29, 1.82) is 0 Å². The highest BCUT2D eigenvalue weighted by Gasteiger charge is 2.27. The highest BCUT2D eigenvalue weighted by Crippen LogP contribution is 2.32. The lowest BCUT2D eigenvalue weighted by molar-refractivity contribution is -0.121. The van der Waals surface area contributed by atoms with Crippen LogP contribution in [0.5, 0.6) is 0 Å². The molecule has 6 heteroatoms. The molecular weight excluding hydrogens is 340 g/mol. The molecule has 1 fully saturated rings. The van der Waals surface area contributed by atoms with Crippen LogP contribution in [0.15, 0.2) is 35.3 Å². The number of nitrogens with one attached hydrogen (secondary N) is 3. The van der Waals surface area contributed by atoms with Crippen LogP contribution in [0.25, 0.3) is 0 Å². The summed E-state index contributed by atoms with van der Waals surface area (Å²) in [4.78, 5) is 16.4. The van der Waals surface area contributed by atoms with Crippen molar-refractivity contribution < 1.29 is 9.53 Å². The van der Waals surface area contributed by atoms with Crippen molar-refractivity contribution in [3.63, 3.8) is 0 Å². The predicted molar refractivity (Wildman–Crippen MR) is 110 cm³/mol. The van der Waals surface area contributed by atoms with Crippen LogP contribution < -0.4 is 16.0 Å².